The van der Waals surface area contributed by atoms with Crippen LogP contribution in [0.15, 0.2) is 54.7 Å². The molecule has 29 heavy (non-hydrogen) atoms. The minimum Gasteiger partial charge on any atom is -0.456 e. The second-order valence-corrected chi connectivity index (χ2v) is 7.09. The number of allylic oxidation sites excluding steroid dienone is 1. The lowest BCUT2D eigenvalue weighted by Crippen LogP contribution is -2.07. The summed E-state index contributed by atoms with van der Waals surface area (Å²) in [4.78, 5) is 15.2. The Morgan fingerprint density at radius 3 is 2.55 bits per heavy atom. The van der Waals surface area contributed by atoms with Gasteiger partial charge in [0.15, 0.2) is 5.78 Å². The lowest BCUT2D eigenvalue weighted by atomic mass is 9.93. The molecule has 144 valence electrons. The third-order valence-electron chi connectivity index (χ3n) is 5.04. The summed E-state index contributed by atoms with van der Waals surface area (Å²) in [6.45, 7) is 9.14. The van der Waals surface area contributed by atoms with Crippen molar-refractivity contribution in [3.63, 3.8) is 0 Å². The fourth-order valence-electron chi connectivity index (χ4n) is 3.62. The van der Waals surface area contributed by atoms with Crippen molar-refractivity contribution >= 4 is 17.1 Å². The number of aromatic nitrogens is 2. The molecule has 0 saturated heterocycles. The molecular weight excluding hydrogens is 362 g/mol. The number of benzene rings is 2. The zero-order valence-corrected chi connectivity index (χ0v) is 16.5. The second kappa shape index (κ2) is 7.76. The van der Waals surface area contributed by atoms with Crippen LogP contribution in [0.2, 0.25) is 0 Å². The Kier molecular flexibility index (Phi) is 5.01. The molecule has 0 unspecified atom stereocenters. The zero-order valence-electron chi connectivity index (χ0n) is 16.5. The summed E-state index contributed by atoms with van der Waals surface area (Å²) in [7, 11) is 1.90. The minimum atomic E-state index is 0.0381. The maximum atomic E-state index is 11.7. The van der Waals surface area contributed by atoms with E-state index >= 15 is 0 Å². The molecule has 1 aliphatic rings. The summed E-state index contributed by atoms with van der Waals surface area (Å²) in [5.74, 6) is 1.58. The van der Waals surface area contributed by atoms with E-state index in [1.807, 2.05) is 61.8 Å². The summed E-state index contributed by atoms with van der Waals surface area (Å²) in [6.07, 6.45) is 3.41. The van der Waals surface area contributed by atoms with Crippen LogP contribution in [0.5, 0.6) is 5.75 Å². The number of ether oxygens (including phenoxy) is 1. The van der Waals surface area contributed by atoms with Gasteiger partial charge in [-0.25, -0.2) is 6.57 Å². The molecule has 0 atom stereocenters. The number of carbonyl (C=O) groups is 1. The molecule has 1 aromatic heterocycles. The summed E-state index contributed by atoms with van der Waals surface area (Å²) in [5.41, 5.74) is 5.50. The molecule has 0 radical (unpaired) electrons. The SMILES string of the molecule is [C-]#[N+]CCC/C(=C1\Oc2ccccc2-c2nn(C)cc21)c1ccc(C(C)=O)cc1. The quantitative estimate of drug-likeness (QED) is 0.343. The van der Waals surface area contributed by atoms with Crippen LogP contribution in [-0.4, -0.2) is 22.1 Å². The van der Waals surface area contributed by atoms with E-state index in [-0.39, 0.29) is 5.78 Å². The third-order valence-corrected chi connectivity index (χ3v) is 5.04. The third kappa shape index (κ3) is 3.57. The number of para-hydroxylation sites is 1. The van der Waals surface area contributed by atoms with Crippen molar-refractivity contribution in [2.75, 3.05) is 6.54 Å². The van der Waals surface area contributed by atoms with Gasteiger partial charge in [0, 0.05) is 36.4 Å². The van der Waals surface area contributed by atoms with E-state index in [9.17, 15) is 4.79 Å². The molecule has 2 heterocycles. The second-order valence-electron chi connectivity index (χ2n) is 7.09. The predicted octanol–water partition coefficient (Wildman–Crippen LogP) is 5.25. The Labute approximate surface area is 170 Å². The van der Waals surface area contributed by atoms with Crippen molar-refractivity contribution < 1.29 is 9.53 Å². The Hall–Kier alpha value is -3.65. The number of nitrogens with zero attached hydrogens (tertiary/aromatic N) is 3. The van der Waals surface area contributed by atoms with Crippen LogP contribution in [0.4, 0.5) is 0 Å². The van der Waals surface area contributed by atoms with Gasteiger partial charge in [-0.05, 0) is 31.0 Å². The molecule has 0 saturated carbocycles. The van der Waals surface area contributed by atoms with E-state index in [1.165, 1.54) is 0 Å². The van der Waals surface area contributed by atoms with Crippen LogP contribution >= 0.6 is 0 Å². The van der Waals surface area contributed by atoms with Gasteiger partial charge in [0.2, 0.25) is 6.54 Å². The lowest BCUT2D eigenvalue weighted by Gasteiger charge is -2.22. The van der Waals surface area contributed by atoms with Gasteiger partial charge < -0.3 is 9.58 Å². The highest BCUT2D eigenvalue weighted by Crippen LogP contribution is 2.44. The molecule has 5 nitrogen and oxygen atoms in total. The molecule has 3 aromatic rings. The standard InChI is InChI=1S/C24H21N3O2/c1-16(28)17-10-12-18(13-11-17)19(8-6-14-25-2)24-21-15-27(3)26-23(21)20-7-4-5-9-22(20)29-24/h4-5,7,9-13,15H,6,8,14H2,1,3H3/b24-19+. The number of ketones is 1. The highest BCUT2D eigenvalue weighted by atomic mass is 16.5. The van der Waals surface area contributed by atoms with Gasteiger partial charge in [-0.1, -0.05) is 36.4 Å². The molecule has 0 spiro atoms. The van der Waals surface area contributed by atoms with Crippen LogP contribution in [-0.2, 0) is 7.05 Å². The molecule has 1 aliphatic heterocycles. The van der Waals surface area contributed by atoms with Gasteiger partial charge in [-0.3, -0.25) is 9.48 Å². The molecule has 0 fully saturated rings. The largest absolute Gasteiger partial charge is 0.456 e. The molecule has 4 rings (SSSR count). The number of Topliss-reactive ketones (excluding diaryl/α,β-unsaturated/α-hetero) is 1. The van der Waals surface area contributed by atoms with Gasteiger partial charge in [-0.15, -0.1) is 0 Å². The fraction of sp³-hybridized carbons (Fsp3) is 0.208. The Bertz CT molecular complexity index is 1150. The van der Waals surface area contributed by atoms with E-state index in [4.69, 9.17) is 11.3 Å². The Morgan fingerprint density at radius 1 is 1.10 bits per heavy atom. The normalized spacial score (nSPS) is 13.7. The molecule has 0 bridgehead atoms. The van der Waals surface area contributed by atoms with Crippen molar-refractivity contribution in [3.05, 3.63) is 82.8 Å². The topological polar surface area (TPSA) is 48.5 Å². The van der Waals surface area contributed by atoms with Crippen LogP contribution in [0.1, 0.15) is 41.3 Å². The number of rotatable bonds is 5. The molecular formula is C24H21N3O2. The maximum absolute atomic E-state index is 11.7. The van der Waals surface area contributed by atoms with Crippen molar-refractivity contribution in [1.82, 2.24) is 9.78 Å². The number of hydrogen-bond acceptors (Lipinski definition) is 3. The molecule has 2 aromatic carbocycles. The van der Waals surface area contributed by atoms with Crippen molar-refractivity contribution in [2.24, 2.45) is 7.05 Å². The van der Waals surface area contributed by atoms with Crippen molar-refractivity contribution in [2.45, 2.75) is 19.8 Å². The summed E-state index contributed by atoms with van der Waals surface area (Å²) < 4.78 is 8.18. The first-order valence-corrected chi connectivity index (χ1v) is 9.57. The van der Waals surface area contributed by atoms with Gasteiger partial charge >= 0.3 is 0 Å². The monoisotopic (exact) mass is 383 g/mol. The maximum Gasteiger partial charge on any atom is 0.215 e. The van der Waals surface area contributed by atoms with Gasteiger partial charge in [0.1, 0.15) is 17.2 Å². The van der Waals surface area contributed by atoms with E-state index < -0.39 is 0 Å². The first-order chi connectivity index (χ1) is 14.1. The highest BCUT2D eigenvalue weighted by molar-refractivity contribution is 5.97. The van der Waals surface area contributed by atoms with Crippen LogP contribution < -0.4 is 4.74 Å². The predicted molar refractivity (Wildman–Crippen MR) is 113 cm³/mol. The molecule has 0 N–H and O–H groups in total. The van der Waals surface area contributed by atoms with Crippen LogP contribution in [0.25, 0.3) is 27.4 Å². The Balaban J connectivity index is 1.88. The highest BCUT2D eigenvalue weighted by Gasteiger charge is 2.27. The lowest BCUT2D eigenvalue weighted by molar-refractivity contribution is 0.101. The molecule has 5 heteroatoms. The van der Waals surface area contributed by atoms with Gasteiger partial charge in [0.05, 0.1) is 5.56 Å². The van der Waals surface area contributed by atoms with E-state index in [0.29, 0.717) is 18.5 Å². The average molecular weight is 383 g/mol. The van der Waals surface area contributed by atoms with E-state index in [1.54, 1.807) is 11.6 Å². The fourth-order valence-corrected chi connectivity index (χ4v) is 3.62. The van der Waals surface area contributed by atoms with E-state index in [0.717, 1.165) is 45.9 Å². The van der Waals surface area contributed by atoms with Crippen molar-refractivity contribution in [3.8, 4) is 17.0 Å². The zero-order chi connectivity index (χ0) is 20.4. The first-order valence-electron chi connectivity index (χ1n) is 9.57. The van der Waals surface area contributed by atoms with Crippen molar-refractivity contribution in [1.29, 1.82) is 0 Å². The van der Waals surface area contributed by atoms with Crippen LogP contribution in [0, 0.1) is 6.57 Å². The number of fused-ring (bicyclic) bond motifs is 3. The average Bonchev–Trinajstić information content (AvgIpc) is 3.13. The van der Waals surface area contributed by atoms with Gasteiger partial charge in [0.25, 0.3) is 0 Å². The summed E-state index contributed by atoms with van der Waals surface area (Å²) >= 11 is 0. The molecule has 0 amide bonds. The number of aryl methyl sites for hydroxylation is 1. The smallest absolute Gasteiger partial charge is 0.215 e. The number of hydrogen-bond donors (Lipinski definition) is 0. The summed E-state index contributed by atoms with van der Waals surface area (Å²) in [6, 6.07) is 15.5. The minimum absolute atomic E-state index is 0.0381. The summed E-state index contributed by atoms with van der Waals surface area (Å²) in [5, 5.41) is 4.66. The first kappa shape index (κ1) is 18.7. The van der Waals surface area contributed by atoms with Gasteiger partial charge in [-0.2, -0.15) is 5.10 Å². The van der Waals surface area contributed by atoms with Crippen LogP contribution in [0.3, 0.4) is 0 Å². The Morgan fingerprint density at radius 2 is 1.83 bits per heavy atom. The molecule has 0 aliphatic carbocycles. The number of carbonyl (C=O) groups excluding carboxylic acids is 1. The van der Waals surface area contributed by atoms with E-state index in [2.05, 4.69) is 9.94 Å².